The van der Waals surface area contributed by atoms with Crippen LogP contribution in [0.2, 0.25) is 0 Å². The van der Waals surface area contributed by atoms with Crippen LogP contribution in [0.15, 0.2) is 18.2 Å². The summed E-state index contributed by atoms with van der Waals surface area (Å²) in [4.78, 5) is 0.430. The minimum absolute atomic E-state index is 0.430. The average molecular weight is 263 g/mol. The molecular weight excluding hydrogens is 250 g/mol. The first-order valence-corrected chi connectivity index (χ1v) is 5.60. The molecule has 0 bridgehead atoms. The lowest BCUT2D eigenvalue weighted by atomic mass is 10.1. The maximum atomic E-state index is 13.1. The Morgan fingerprint density at radius 3 is 2.71 bits per heavy atom. The van der Waals surface area contributed by atoms with Crippen LogP contribution in [-0.4, -0.2) is 4.83 Å². The van der Waals surface area contributed by atoms with Crippen molar-refractivity contribution in [3.63, 3.8) is 0 Å². The second kappa shape index (κ2) is 5.44. The van der Waals surface area contributed by atoms with Gasteiger partial charge in [-0.25, -0.2) is 8.78 Å². The molecule has 1 rings (SSSR count). The van der Waals surface area contributed by atoms with Crippen LogP contribution >= 0.6 is 15.9 Å². The average Bonchev–Trinajstić information content (AvgIpc) is 2.12. The normalized spacial score (nSPS) is 12.9. The fraction of sp³-hybridized carbons (Fsp3) is 0.455. The molecule has 78 valence electrons. The third kappa shape index (κ3) is 3.37. The molecule has 1 atom stereocenters. The van der Waals surface area contributed by atoms with Gasteiger partial charge in [0.15, 0.2) is 11.6 Å². The van der Waals surface area contributed by atoms with E-state index in [9.17, 15) is 8.78 Å². The molecule has 0 saturated carbocycles. The Balaban J connectivity index is 2.54. The number of alkyl halides is 1. The van der Waals surface area contributed by atoms with Crippen molar-refractivity contribution in [2.75, 3.05) is 0 Å². The first kappa shape index (κ1) is 11.6. The summed E-state index contributed by atoms with van der Waals surface area (Å²) in [6.07, 6.45) is 2.43. The fourth-order valence-electron chi connectivity index (χ4n) is 1.32. The van der Waals surface area contributed by atoms with Gasteiger partial charge in [0, 0.05) is 4.83 Å². The first-order chi connectivity index (χ1) is 6.61. The molecule has 0 radical (unpaired) electrons. The highest BCUT2D eigenvalue weighted by Gasteiger charge is 2.07. The van der Waals surface area contributed by atoms with Gasteiger partial charge in [0.05, 0.1) is 0 Å². The van der Waals surface area contributed by atoms with E-state index >= 15 is 0 Å². The highest BCUT2D eigenvalue weighted by molar-refractivity contribution is 9.09. The van der Waals surface area contributed by atoms with Crippen molar-refractivity contribution in [2.24, 2.45) is 0 Å². The van der Waals surface area contributed by atoms with Crippen molar-refractivity contribution in [1.29, 1.82) is 0 Å². The van der Waals surface area contributed by atoms with Crippen LogP contribution in [0.1, 0.15) is 25.3 Å². The lowest BCUT2D eigenvalue weighted by Gasteiger charge is -2.04. The monoisotopic (exact) mass is 262 g/mol. The summed E-state index contributed by atoms with van der Waals surface area (Å²) in [7, 11) is 0. The van der Waals surface area contributed by atoms with Gasteiger partial charge in [-0.05, 0) is 30.9 Å². The maximum Gasteiger partial charge on any atom is 0.162 e. The van der Waals surface area contributed by atoms with E-state index in [4.69, 9.17) is 0 Å². The Hall–Kier alpha value is -0.440. The summed E-state index contributed by atoms with van der Waals surface area (Å²) >= 11 is 3.41. The van der Waals surface area contributed by atoms with E-state index in [-0.39, 0.29) is 0 Å². The number of hydrogen-bond acceptors (Lipinski definition) is 0. The van der Waals surface area contributed by atoms with Gasteiger partial charge in [-0.3, -0.25) is 0 Å². The number of halogens is 3. The molecular formula is C11H13BrF2. The summed E-state index contributed by atoms with van der Waals surface area (Å²) in [5.74, 6) is -1.45. The predicted molar refractivity (Wildman–Crippen MR) is 57.7 cm³/mol. The lowest BCUT2D eigenvalue weighted by Crippen LogP contribution is -1.97. The van der Waals surface area contributed by atoms with E-state index in [1.807, 2.05) is 6.92 Å². The zero-order valence-electron chi connectivity index (χ0n) is 8.06. The highest BCUT2D eigenvalue weighted by atomic mass is 79.9. The SMILES string of the molecule is CC(Br)CCCc1cccc(F)c1F. The van der Waals surface area contributed by atoms with Crippen LogP contribution in [-0.2, 0) is 6.42 Å². The smallest absolute Gasteiger partial charge is 0.162 e. The predicted octanol–water partition coefficient (Wildman–Crippen LogP) is 4.07. The summed E-state index contributed by atoms with van der Waals surface area (Å²) < 4.78 is 25.9. The largest absolute Gasteiger partial charge is 0.204 e. The molecule has 0 heterocycles. The lowest BCUT2D eigenvalue weighted by molar-refractivity contribution is 0.496. The number of benzene rings is 1. The zero-order chi connectivity index (χ0) is 10.6. The Bertz CT molecular complexity index is 297. The van der Waals surface area contributed by atoms with Gasteiger partial charge in [-0.1, -0.05) is 35.0 Å². The summed E-state index contributed by atoms with van der Waals surface area (Å²) in [6, 6.07) is 4.33. The highest BCUT2D eigenvalue weighted by Crippen LogP contribution is 2.15. The summed E-state index contributed by atoms with van der Waals surface area (Å²) in [5.41, 5.74) is 0.471. The molecule has 0 aliphatic heterocycles. The van der Waals surface area contributed by atoms with Gasteiger partial charge in [-0.15, -0.1) is 0 Å². The van der Waals surface area contributed by atoms with E-state index in [1.54, 1.807) is 12.1 Å². The second-order valence-corrected chi connectivity index (χ2v) is 4.95. The molecule has 14 heavy (non-hydrogen) atoms. The summed E-state index contributed by atoms with van der Waals surface area (Å²) in [5, 5.41) is 0. The molecule has 0 fully saturated rings. The molecule has 0 amide bonds. The molecule has 0 aliphatic carbocycles. The van der Waals surface area contributed by atoms with Gasteiger partial charge in [0.2, 0.25) is 0 Å². The Morgan fingerprint density at radius 2 is 2.07 bits per heavy atom. The van der Waals surface area contributed by atoms with Crippen LogP contribution in [0, 0.1) is 11.6 Å². The Labute approximate surface area is 91.5 Å². The van der Waals surface area contributed by atoms with Crippen LogP contribution in [0.25, 0.3) is 0 Å². The molecule has 0 saturated heterocycles. The molecule has 0 spiro atoms. The molecule has 1 unspecified atom stereocenters. The molecule has 0 nitrogen and oxygen atoms in total. The topological polar surface area (TPSA) is 0 Å². The van der Waals surface area contributed by atoms with Crippen LogP contribution in [0.3, 0.4) is 0 Å². The zero-order valence-corrected chi connectivity index (χ0v) is 9.65. The molecule has 1 aromatic rings. The van der Waals surface area contributed by atoms with E-state index in [0.29, 0.717) is 16.8 Å². The van der Waals surface area contributed by atoms with Crippen molar-refractivity contribution in [3.8, 4) is 0 Å². The van der Waals surface area contributed by atoms with Crippen LogP contribution < -0.4 is 0 Å². The van der Waals surface area contributed by atoms with Crippen molar-refractivity contribution in [2.45, 2.75) is 31.0 Å². The quantitative estimate of drug-likeness (QED) is 0.718. The van der Waals surface area contributed by atoms with Crippen molar-refractivity contribution in [1.82, 2.24) is 0 Å². The van der Waals surface area contributed by atoms with E-state index in [1.165, 1.54) is 0 Å². The van der Waals surface area contributed by atoms with Gasteiger partial charge in [0.25, 0.3) is 0 Å². The number of aryl methyl sites for hydroxylation is 1. The fourth-order valence-corrected chi connectivity index (χ4v) is 1.64. The van der Waals surface area contributed by atoms with Crippen molar-refractivity contribution in [3.05, 3.63) is 35.4 Å². The Morgan fingerprint density at radius 1 is 1.36 bits per heavy atom. The first-order valence-electron chi connectivity index (χ1n) is 4.68. The van der Waals surface area contributed by atoms with Gasteiger partial charge in [0.1, 0.15) is 0 Å². The third-order valence-corrected chi connectivity index (χ3v) is 2.54. The molecule has 1 aromatic carbocycles. The van der Waals surface area contributed by atoms with Gasteiger partial charge < -0.3 is 0 Å². The Kier molecular flexibility index (Phi) is 4.52. The van der Waals surface area contributed by atoms with Crippen molar-refractivity contribution >= 4 is 15.9 Å². The van der Waals surface area contributed by atoms with Gasteiger partial charge in [-0.2, -0.15) is 0 Å². The minimum atomic E-state index is -0.755. The molecule has 0 aromatic heterocycles. The minimum Gasteiger partial charge on any atom is -0.204 e. The number of rotatable bonds is 4. The van der Waals surface area contributed by atoms with Crippen molar-refractivity contribution < 1.29 is 8.78 Å². The second-order valence-electron chi connectivity index (χ2n) is 3.39. The summed E-state index contributed by atoms with van der Waals surface area (Å²) in [6.45, 7) is 2.04. The third-order valence-electron chi connectivity index (χ3n) is 2.08. The standard InChI is InChI=1S/C11H13BrF2/c1-8(12)4-2-5-9-6-3-7-10(13)11(9)14/h3,6-8H,2,4-5H2,1H3. The maximum absolute atomic E-state index is 13.1. The van der Waals surface area contributed by atoms with E-state index in [0.717, 1.165) is 18.9 Å². The molecule has 0 N–H and O–H groups in total. The molecule has 0 aliphatic rings. The van der Waals surface area contributed by atoms with Crippen LogP contribution in [0.5, 0.6) is 0 Å². The molecule has 3 heteroatoms. The van der Waals surface area contributed by atoms with E-state index < -0.39 is 11.6 Å². The van der Waals surface area contributed by atoms with Crippen LogP contribution in [0.4, 0.5) is 8.78 Å². The van der Waals surface area contributed by atoms with E-state index in [2.05, 4.69) is 15.9 Å². The number of hydrogen-bond donors (Lipinski definition) is 0. The van der Waals surface area contributed by atoms with Gasteiger partial charge >= 0.3 is 0 Å².